The second-order valence-corrected chi connectivity index (χ2v) is 6.16. The van der Waals surface area contributed by atoms with E-state index in [0.717, 1.165) is 11.5 Å². The summed E-state index contributed by atoms with van der Waals surface area (Å²) in [6.07, 6.45) is 1.57. The molecule has 138 valence electrons. The van der Waals surface area contributed by atoms with Crippen LogP contribution >= 0.6 is 23.2 Å². The summed E-state index contributed by atoms with van der Waals surface area (Å²) in [5, 5.41) is 3.79. The van der Waals surface area contributed by atoms with Gasteiger partial charge in [-0.25, -0.2) is 0 Å². The van der Waals surface area contributed by atoms with E-state index in [1.807, 2.05) is 43.3 Å². The topological polar surface area (TPSA) is 49.3 Å². The lowest BCUT2D eigenvalue weighted by molar-refractivity contribution is 0.209. The molecule has 0 fully saturated rings. The highest BCUT2D eigenvalue weighted by molar-refractivity contribution is 6.55. The molecule has 0 saturated carbocycles. The molecule has 0 radical (unpaired) electrons. The summed E-state index contributed by atoms with van der Waals surface area (Å²) in [6, 6.07) is 14.6. The van der Waals surface area contributed by atoms with E-state index in [0.29, 0.717) is 30.5 Å². The normalized spacial score (nSPS) is 10.8. The summed E-state index contributed by atoms with van der Waals surface area (Å²) < 4.78 is 17.0. The van der Waals surface area contributed by atoms with Crippen molar-refractivity contribution in [3.8, 4) is 23.0 Å². The van der Waals surface area contributed by atoms with Crippen LogP contribution in [-0.2, 0) is 4.84 Å². The van der Waals surface area contributed by atoms with E-state index in [-0.39, 0.29) is 4.49 Å². The molecule has 26 heavy (non-hydrogen) atoms. The number of hydrogen-bond donors (Lipinski definition) is 0. The van der Waals surface area contributed by atoms with Gasteiger partial charge in [0.2, 0.25) is 0 Å². The maximum Gasteiger partial charge on any atom is 0.129 e. The van der Waals surface area contributed by atoms with Gasteiger partial charge in [0.25, 0.3) is 0 Å². The van der Waals surface area contributed by atoms with Crippen molar-refractivity contribution in [1.29, 1.82) is 0 Å². The zero-order valence-corrected chi connectivity index (χ0v) is 16.0. The summed E-state index contributed by atoms with van der Waals surface area (Å²) in [5.74, 6) is 2.81. The van der Waals surface area contributed by atoms with Crippen molar-refractivity contribution in [3.05, 3.63) is 59.1 Å². The Morgan fingerprint density at radius 2 is 1.38 bits per heavy atom. The lowest BCUT2D eigenvalue weighted by atomic mass is 10.3. The van der Waals surface area contributed by atoms with Gasteiger partial charge in [-0.1, -0.05) is 28.4 Å². The highest BCUT2D eigenvalue weighted by Gasteiger charge is 2.01. The van der Waals surface area contributed by atoms with E-state index in [4.69, 9.17) is 37.4 Å². The van der Waals surface area contributed by atoms with Crippen molar-refractivity contribution in [2.75, 3.05) is 20.3 Å². The molecule has 2 aromatic carbocycles. The van der Waals surface area contributed by atoms with Gasteiger partial charge in [-0.05, 0) is 61.5 Å². The van der Waals surface area contributed by atoms with Gasteiger partial charge in [-0.2, -0.15) is 0 Å². The van der Waals surface area contributed by atoms with Gasteiger partial charge >= 0.3 is 0 Å². The van der Waals surface area contributed by atoms with Crippen molar-refractivity contribution < 1.29 is 19.0 Å². The maximum absolute atomic E-state index is 5.79. The minimum Gasteiger partial charge on any atom is -0.489 e. The molecule has 0 saturated heterocycles. The van der Waals surface area contributed by atoms with Gasteiger partial charge in [-0.3, -0.25) is 0 Å². The fourth-order valence-electron chi connectivity index (χ4n) is 1.91. The number of hydrogen-bond acceptors (Lipinski definition) is 5. The number of ether oxygens (including phenoxy) is 3. The lowest BCUT2D eigenvalue weighted by Gasteiger charge is -2.09. The van der Waals surface area contributed by atoms with Crippen molar-refractivity contribution in [3.63, 3.8) is 0 Å². The largest absolute Gasteiger partial charge is 0.489 e. The molecule has 2 aromatic rings. The van der Waals surface area contributed by atoms with Crippen molar-refractivity contribution >= 4 is 28.9 Å². The van der Waals surface area contributed by atoms with Crippen LogP contribution in [0.4, 0.5) is 0 Å². The fourth-order valence-corrected chi connectivity index (χ4v) is 2.04. The molecule has 0 aliphatic rings. The number of benzene rings is 2. The monoisotopic (exact) mass is 395 g/mol. The third-order valence-corrected chi connectivity index (χ3v) is 3.37. The molecule has 2 rings (SSSR count). The first kappa shape index (κ1) is 19.9. The highest BCUT2D eigenvalue weighted by atomic mass is 35.5. The van der Waals surface area contributed by atoms with Gasteiger partial charge in [0.15, 0.2) is 0 Å². The Morgan fingerprint density at radius 1 is 0.885 bits per heavy atom. The van der Waals surface area contributed by atoms with E-state index < -0.39 is 0 Å². The summed E-state index contributed by atoms with van der Waals surface area (Å²) in [4.78, 5) is 4.68. The van der Waals surface area contributed by atoms with Crippen LogP contribution in [0.3, 0.4) is 0 Å². The Balaban J connectivity index is 1.86. The first-order chi connectivity index (χ1) is 12.6. The predicted octanol–water partition coefficient (Wildman–Crippen LogP) is 5.58. The van der Waals surface area contributed by atoms with Gasteiger partial charge < -0.3 is 19.0 Å². The van der Waals surface area contributed by atoms with Crippen LogP contribution in [0.15, 0.2) is 64.3 Å². The Kier molecular flexibility index (Phi) is 8.12. The van der Waals surface area contributed by atoms with Gasteiger partial charge in [0.05, 0.1) is 5.71 Å². The molecule has 0 bridgehead atoms. The van der Waals surface area contributed by atoms with E-state index >= 15 is 0 Å². The number of rotatable bonds is 9. The third kappa shape index (κ3) is 7.25. The Morgan fingerprint density at radius 3 is 1.88 bits per heavy atom. The Hall–Kier alpha value is -2.37. The third-order valence-electron chi connectivity index (χ3n) is 3.07. The van der Waals surface area contributed by atoms with Crippen LogP contribution in [0.5, 0.6) is 23.0 Å². The van der Waals surface area contributed by atoms with E-state index in [2.05, 4.69) is 9.99 Å². The molecule has 0 aromatic heterocycles. The van der Waals surface area contributed by atoms with Crippen molar-refractivity contribution in [2.24, 2.45) is 5.16 Å². The average Bonchev–Trinajstić information content (AvgIpc) is 2.63. The standard InChI is InChI=1S/C19H19Cl2NO4/c1-14(22-23-2)13-25-16-5-9-18(10-6-16)26-17-7-3-15(4-8-17)24-12-11-19(20)21/h3-11H,12-13H2,1-2H3. The number of nitrogens with zero attached hydrogens (tertiary/aromatic N) is 1. The van der Waals surface area contributed by atoms with Gasteiger partial charge in [-0.15, -0.1) is 0 Å². The summed E-state index contributed by atoms with van der Waals surface area (Å²) >= 11 is 11.1. The van der Waals surface area contributed by atoms with Crippen LogP contribution in [0, 0.1) is 0 Å². The Bertz CT molecular complexity index is 739. The molecule has 5 nitrogen and oxygen atoms in total. The molecular formula is C19H19Cl2NO4. The minimum atomic E-state index is 0.179. The molecule has 0 N–H and O–H groups in total. The first-order valence-corrected chi connectivity index (χ1v) is 8.54. The second-order valence-electron chi connectivity index (χ2n) is 5.15. The van der Waals surface area contributed by atoms with Gasteiger partial charge in [0.1, 0.15) is 47.8 Å². The molecule has 0 amide bonds. The second kappa shape index (κ2) is 10.6. The molecule has 7 heteroatoms. The maximum atomic E-state index is 5.79. The SMILES string of the molecule is CON=C(C)COc1ccc(Oc2ccc(OCC=C(Cl)Cl)cc2)cc1. The average molecular weight is 396 g/mol. The summed E-state index contributed by atoms with van der Waals surface area (Å²) in [6.45, 7) is 2.49. The van der Waals surface area contributed by atoms with Crippen molar-refractivity contribution in [1.82, 2.24) is 0 Å². The van der Waals surface area contributed by atoms with Crippen LogP contribution < -0.4 is 14.2 Å². The van der Waals surface area contributed by atoms with Crippen LogP contribution in [0.2, 0.25) is 0 Å². The predicted molar refractivity (Wildman–Crippen MR) is 104 cm³/mol. The minimum absolute atomic E-state index is 0.179. The smallest absolute Gasteiger partial charge is 0.129 e. The molecule has 0 unspecified atom stereocenters. The number of oxime groups is 1. The van der Waals surface area contributed by atoms with Gasteiger partial charge in [0, 0.05) is 0 Å². The van der Waals surface area contributed by atoms with Crippen molar-refractivity contribution in [2.45, 2.75) is 6.92 Å². The quantitative estimate of drug-likeness (QED) is 0.410. The lowest BCUT2D eigenvalue weighted by Crippen LogP contribution is -2.07. The van der Waals surface area contributed by atoms with Crippen LogP contribution in [0.1, 0.15) is 6.92 Å². The van der Waals surface area contributed by atoms with E-state index in [1.54, 1.807) is 18.2 Å². The molecule has 0 atom stereocenters. The van der Waals surface area contributed by atoms with E-state index in [9.17, 15) is 0 Å². The molecule has 0 spiro atoms. The highest BCUT2D eigenvalue weighted by Crippen LogP contribution is 2.25. The zero-order valence-electron chi connectivity index (χ0n) is 14.4. The van der Waals surface area contributed by atoms with E-state index in [1.165, 1.54) is 7.11 Å². The molecule has 0 aliphatic carbocycles. The molecule has 0 aliphatic heterocycles. The summed E-state index contributed by atoms with van der Waals surface area (Å²) in [7, 11) is 1.50. The molecular weight excluding hydrogens is 377 g/mol. The Labute approximate surface area is 162 Å². The first-order valence-electron chi connectivity index (χ1n) is 7.78. The summed E-state index contributed by atoms with van der Waals surface area (Å²) in [5.41, 5.74) is 0.749. The van der Waals surface area contributed by atoms with Crippen LogP contribution in [-0.4, -0.2) is 26.0 Å². The van der Waals surface area contributed by atoms with Crippen LogP contribution in [0.25, 0.3) is 0 Å². The fraction of sp³-hybridized carbons (Fsp3) is 0.211. The zero-order chi connectivity index (χ0) is 18.8. The molecule has 0 heterocycles. The number of halogens is 2.